The van der Waals surface area contributed by atoms with Crippen LogP contribution in [0.4, 0.5) is 0 Å². The van der Waals surface area contributed by atoms with E-state index in [0.717, 1.165) is 11.1 Å². The lowest BCUT2D eigenvalue weighted by molar-refractivity contribution is 1.52. The third-order valence-electron chi connectivity index (χ3n) is 2.80. The van der Waals surface area contributed by atoms with Crippen molar-refractivity contribution in [2.75, 3.05) is 0 Å². The SMILES string of the molecule is N#C/C(=C\SS/C=C(\C#N)c1ccccc1)c1ccccc1. The fraction of sp³-hybridized carbons (Fsp3) is 0. The lowest BCUT2D eigenvalue weighted by atomic mass is 10.1. The van der Waals surface area contributed by atoms with Gasteiger partial charge in [0.25, 0.3) is 0 Å². The van der Waals surface area contributed by atoms with Crippen molar-refractivity contribution in [3.8, 4) is 12.1 Å². The monoisotopic (exact) mass is 320 g/mol. The van der Waals surface area contributed by atoms with Crippen LogP contribution in [0.3, 0.4) is 0 Å². The van der Waals surface area contributed by atoms with E-state index in [-0.39, 0.29) is 0 Å². The molecule has 0 atom stereocenters. The molecule has 0 saturated carbocycles. The van der Waals surface area contributed by atoms with Gasteiger partial charge in [0, 0.05) is 10.8 Å². The van der Waals surface area contributed by atoms with Crippen LogP contribution in [0.1, 0.15) is 11.1 Å². The highest BCUT2D eigenvalue weighted by Gasteiger charge is 2.01. The Morgan fingerprint density at radius 2 is 1.05 bits per heavy atom. The first-order valence-corrected chi connectivity index (χ1v) is 8.76. The minimum absolute atomic E-state index is 0.615. The largest absolute Gasteiger partial charge is 0.192 e. The molecule has 0 aromatic heterocycles. The van der Waals surface area contributed by atoms with Gasteiger partial charge in [-0.2, -0.15) is 10.5 Å². The molecule has 0 bridgehead atoms. The standard InChI is InChI=1S/C18H12N2S2/c19-11-17(15-7-3-1-4-8-15)13-21-22-14-18(12-20)16-9-5-2-6-10-16/h1-10,13-14H/b17-13+,18-14+. The van der Waals surface area contributed by atoms with Gasteiger partial charge in [0.15, 0.2) is 0 Å². The number of nitrogens with zero attached hydrogens (tertiary/aromatic N) is 2. The molecule has 0 aliphatic carbocycles. The minimum Gasteiger partial charge on any atom is -0.192 e. The smallest absolute Gasteiger partial charge is 0.100 e. The van der Waals surface area contributed by atoms with Crippen molar-refractivity contribution >= 4 is 32.7 Å². The molecule has 0 unspecified atom stereocenters. The molecule has 2 aromatic rings. The molecule has 0 heterocycles. The minimum atomic E-state index is 0.615. The summed E-state index contributed by atoms with van der Waals surface area (Å²) >= 11 is 0. The molecule has 0 aliphatic rings. The molecular weight excluding hydrogens is 308 g/mol. The second-order valence-electron chi connectivity index (χ2n) is 4.21. The molecule has 0 amide bonds. The molecule has 0 spiro atoms. The zero-order valence-electron chi connectivity index (χ0n) is 11.6. The molecular formula is C18H12N2S2. The maximum atomic E-state index is 9.20. The Morgan fingerprint density at radius 1 is 0.682 bits per heavy atom. The van der Waals surface area contributed by atoms with E-state index in [1.165, 1.54) is 21.6 Å². The van der Waals surface area contributed by atoms with E-state index in [0.29, 0.717) is 11.1 Å². The Kier molecular flexibility index (Phi) is 6.39. The highest BCUT2D eigenvalue weighted by atomic mass is 33.1. The summed E-state index contributed by atoms with van der Waals surface area (Å²) in [5, 5.41) is 22.0. The first-order chi connectivity index (χ1) is 10.8. The van der Waals surface area contributed by atoms with E-state index in [2.05, 4.69) is 12.1 Å². The summed E-state index contributed by atoms with van der Waals surface area (Å²) in [7, 11) is 2.85. The van der Waals surface area contributed by atoms with E-state index >= 15 is 0 Å². The van der Waals surface area contributed by atoms with Gasteiger partial charge < -0.3 is 0 Å². The lowest BCUT2D eigenvalue weighted by Gasteiger charge is -1.99. The Balaban J connectivity index is 2.04. The number of hydrogen-bond acceptors (Lipinski definition) is 4. The average Bonchev–Trinajstić information content (AvgIpc) is 2.60. The van der Waals surface area contributed by atoms with Crippen molar-refractivity contribution in [2.45, 2.75) is 0 Å². The molecule has 0 radical (unpaired) electrons. The highest BCUT2D eigenvalue weighted by Crippen LogP contribution is 2.31. The van der Waals surface area contributed by atoms with Crippen LogP contribution in [-0.4, -0.2) is 0 Å². The van der Waals surface area contributed by atoms with E-state index in [1.54, 1.807) is 10.8 Å². The van der Waals surface area contributed by atoms with Crippen LogP contribution in [0, 0.1) is 22.7 Å². The maximum Gasteiger partial charge on any atom is 0.100 e. The average molecular weight is 320 g/mol. The van der Waals surface area contributed by atoms with Gasteiger partial charge >= 0.3 is 0 Å². The molecule has 0 fully saturated rings. The number of benzene rings is 2. The van der Waals surface area contributed by atoms with E-state index in [4.69, 9.17) is 0 Å². The fourth-order valence-electron chi connectivity index (χ4n) is 1.71. The predicted molar refractivity (Wildman–Crippen MR) is 95.2 cm³/mol. The van der Waals surface area contributed by atoms with Crippen LogP contribution in [0.5, 0.6) is 0 Å². The summed E-state index contributed by atoms with van der Waals surface area (Å²) in [6, 6.07) is 23.5. The van der Waals surface area contributed by atoms with Gasteiger partial charge in [-0.25, -0.2) is 0 Å². The van der Waals surface area contributed by atoms with Crippen LogP contribution in [0.2, 0.25) is 0 Å². The lowest BCUT2D eigenvalue weighted by Crippen LogP contribution is -1.78. The van der Waals surface area contributed by atoms with Crippen LogP contribution in [0.25, 0.3) is 11.1 Å². The molecule has 0 aliphatic heterocycles. The maximum absolute atomic E-state index is 9.20. The second kappa shape index (κ2) is 8.79. The number of hydrogen-bond donors (Lipinski definition) is 0. The van der Waals surface area contributed by atoms with Gasteiger partial charge in [-0.3, -0.25) is 0 Å². The number of allylic oxidation sites excluding steroid dienone is 2. The van der Waals surface area contributed by atoms with Gasteiger partial charge in [0.1, 0.15) is 12.1 Å². The van der Waals surface area contributed by atoms with Crippen LogP contribution in [0.15, 0.2) is 71.5 Å². The Bertz CT molecular complexity index is 684. The first-order valence-electron chi connectivity index (χ1n) is 6.48. The summed E-state index contributed by atoms with van der Waals surface area (Å²) in [4.78, 5) is 0. The van der Waals surface area contributed by atoms with Gasteiger partial charge in [-0.15, -0.1) is 0 Å². The van der Waals surface area contributed by atoms with Crippen molar-refractivity contribution in [1.29, 1.82) is 10.5 Å². The zero-order chi connectivity index (χ0) is 15.6. The van der Waals surface area contributed by atoms with Gasteiger partial charge in [0.05, 0.1) is 11.1 Å². The summed E-state index contributed by atoms with van der Waals surface area (Å²) in [6.07, 6.45) is 0. The van der Waals surface area contributed by atoms with Crippen molar-refractivity contribution in [3.05, 3.63) is 82.6 Å². The molecule has 22 heavy (non-hydrogen) atoms. The topological polar surface area (TPSA) is 47.6 Å². The number of rotatable bonds is 5. The summed E-state index contributed by atoms with van der Waals surface area (Å²) in [5.41, 5.74) is 3.02. The third-order valence-corrected chi connectivity index (χ3v) is 4.48. The predicted octanol–water partition coefficient (Wildman–Crippen LogP) is 5.50. The van der Waals surface area contributed by atoms with Crippen LogP contribution < -0.4 is 0 Å². The molecule has 2 aromatic carbocycles. The highest BCUT2D eigenvalue weighted by molar-refractivity contribution is 8.79. The van der Waals surface area contributed by atoms with Crippen molar-refractivity contribution < 1.29 is 0 Å². The third kappa shape index (κ3) is 4.56. The Labute approximate surface area is 138 Å². The van der Waals surface area contributed by atoms with Crippen LogP contribution >= 0.6 is 21.6 Å². The summed E-state index contributed by atoms with van der Waals surface area (Å²) < 4.78 is 0. The van der Waals surface area contributed by atoms with Crippen molar-refractivity contribution in [1.82, 2.24) is 0 Å². The normalized spacial score (nSPS) is 11.5. The van der Waals surface area contributed by atoms with E-state index < -0.39 is 0 Å². The quantitative estimate of drug-likeness (QED) is 0.415. The first kappa shape index (κ1) is 16.0. The Morgan fingerprint density at radius 3 is 1.36 bits per heavy atom. The zero-order valence-corrected chi connectivity index (χ0v) is 13.3. The second-order valence-corrected chi connectivity index (χ2v) is 6.22. The fourth-order valence-corrected chi connectivity index (χ4v) is 3.30. The Hall–Kier alpha value is -2.40. The number of nitriles is 2. The molecule has 0 saturated heterocycles. The molecule has 2 nitrogen and oxygen atoms in total. The van der Waals surface area contributed by atoms with Crippen LogP contribution in [-0.2, 0) is 0 Å². The van der Waals surface area contributed by atoms with Crippen molar-refractivity contribution in [2.24, 2.45) is 0 Å². The van der Waals surface area contributed by atoms with E-state index in [1.807, 2.05) is 60.7 Å². The van der Waals surface area contributed by atoms with Gasteiger partial charge in [0.2, 0.25) is 0 Å². The van der Waals surface area contributed by atoms with Crippen molar-refractivity contribution in [3.63, 3.8) is 0 Å². The molecule has 4 heteroatoms. The summed E-state index contributed by atoms with van der Waals surface area (Å²) in [6.45, 7) is 0. The molecule has 106 valence electrons. The van der Waals surface area contributed by atoms with E-state index in [9.17, 15) is 10.5 Å². The van der Waals surface area contributed by atoms with Gasteiger partial charge in [-0.1, -0.05) is 82.3 Å². The summed E-state index contributed by atoms with van der Waals surface area (Å²) in [5.74, 6) is 0. The van der Waals surface area contributed by atoms with Gasteiger partial charge in [-0.05, 0) is 11.1 Å². The molecule has 2 rings (SSSR count). The molecule has 0 N–H and O–H groups in total.